The first-order valence-corrected chi connectivity index (χ1v) is 22.3. The van der Waals surface area contributed by atoms with Gasteiger partial charge < -0.3 is 35.1 Å². The number of hydrogen-bond acceptors (Lipinski definition) is 14. The maximum Gasteiger partial charge on any atom is 0.165 e. The highest BCUT2D eigenvalue weighted by Gasteiger charge is 2.33. The van der Waals surface area contributed by atoms with Crippen LogP contribution in [0.2, 0.25) is 10.0 Å². The van der Waals surface area contributed by atoms with Gasteiger partial charge in [-0.1, -0.05) is 23.2 Å². The van der Waals surface area contributed by atoms with E-state index in [0.29, 0.717) is 38.5 Å². The molecule has 16 nitrogen and oxygen atoms in total. The Hall–Kier alpha value is -5.94. The molecule has 63 heavy (non-hydrogen) atoms. The van der Waals surface area contributed by atoms with E-state index >= 15 is 0 Å². The fraction of sp³-hybridized carbons (Fsp3) is 0.378. The van der Waals surface area contributed by atoms with Gasteiger partial charge in [-0.2, -0.15) is 0 Å². The summed E-state index contributed by atoms with van der Waals surface area (Å²) >= 11 is 13.5. The van der Waals surface area contributed by atoms with Crippen molar-refractivity contribution in [1.82, 2.24) is 54.3 Å². The quantitative estimate of drug-likeness (QED) is 0.128. The summed E-state index contributed by atoms with van der Waals surface area (Å²) in [5, 5.41) is 6.85. The molecule has 2 aromatic carbocycles. The molecule has 0 spiro atoms. The number of benzene rings is 2. The topological polar surface area (TPSA) is 181 Å². The number of ether oxygens (including phenoxy) is 1. The number of imidazole rings is 2. The first-order valence-electron chi connectivity index (χ1n) is 21.5. The molecule has 3 fully saturated rings. The van der Waals surface area contributed by atoms with E-state index in [4.69, 9.17) is 43.6 Å². The zero-order valence-electron chi connectivity index (χ0n) is 35.4. The zero-order chi connectivity index (χ0) is 43.2. The van der Waals surface area contributed by atoms with Crippen molar-refractivity contribution in [2.45, 2.75) is 63.8 Å². The molecular weight excluding hydrogens is 838 g/mol. The summed E-state index contributed by atoms with van der Waals surface area (Å²) in [5.41, 5.74) is 15.0. The summed E-state index contributed by atoms with van der Waals surface area (Å²) in [6.07, 6.45) is 15.1. The molecule has 4 N–H and O–H groups in total. The molecule has 1 aliphatic carbocycles. The van der Waals surface area contributed by atoms with Gasteiger partial charge in [-0.05, 0) is 75.9 Å². The molecule has 6 aromatic heterocycles. The van der Waals surface area contributed by atoms with Crippen LogP contribution in [0.25, 0.3) is 44.1 Å². The number of rotatable bonds is 9. The molecule has 8 aromatic rings. The Kier molecular flexibility index (Phi) is 11.3. The number of aromatic amines is 1. The van der Waals surface area contributed by atoms with Gasteiger partial charge in [0, 0.05) is 86.7 Å². The zero-order valence-corrected chi connectivity index (χ0v) is 36.9. The van der Waals surface area contributed by atoms with Crippen LogP contribution in [0, 0.1) is 0 Å². The summed E-state index contributed by atoms with van der Waals surface area (Å²) in [6.45, 7) is 10.1. The third-order valence-corrected chi connectivity index (χ3v) is 13.3. The Morgan fingerprint density at radius 2 is 1.46 bits per heavy atom. The monoisotopic (exact) mass is 885 g/mol. The number of aromatic nitrogens is 10. The van der Waals surface area contributed by atoms with Gasteiger partial charge in [0.15, 0.2) is 22.9 Å². The van der Waals surface area contributed by atoms with E-state index in [2.05, 4.69) is 74.8 Å². The fourth-order valence-electron chi connectivity index (χ4n) is 9.27. The van der Waals surface area contributed by atoms with Crippen LogP contribution >= 0.6 is 23.2 Å². The largest absolute Gasteiger partial charge is 0.382 e. The number of halogens is 2. The van der Waals surface area contributed by atoms with Crippen molar-refractivity contribution in [3.05, 3.63) is 95.3 Å². The third-order valence-electron chi connectivity index (χ3n) is 12.7. The van der Waals surface area contributed by atoms with E-state index in [0.717, 1.165) is 108 Å². The summed E-state index contributed by atoms with van der Waals surface area (Å²) in [6, 6.07) is 12.7. The highest BCUT2D eigenvalue weighted by molar-refractivity contribution is 6.36. The van der Waals surface area contributed by atoms with Crippen LogP contribution in [0.1, 0.15) is 62.7 Å². The van der Waals surface area contributed by atoms with Crippen molar-refractivity contribution < 1.29 is 4.74 Å². The van der Waals surface area contributed by atoms with Crippen LogP contribution in [0.3, 0.4) is 0 Å². The van der Waals surface area contributed by atoms with Crippen LogP contribution < -0.4 is 20.9 Å². The molecule has 0 radical (unpaired) electrons. The number of nitrogens with zero attached hydrogens (tertiary/aromatic N) is 12. The van der Waals surface area contributed by atoms with Gasteiger partial charge in [-0.3, -0.25) is 14.9 Å². The number of fused-ring (bicyclic) bond motifs is 4. The van der Waals surface area contributed by atoms with E-state index in [9.17, 15) is 0 Å². The molecule has 3 aliphatic rings. The lowest BCUT2D eigenvalue weighted by Crippen LogP contribution is -2.47. The Labute approximate surface area is 374 Å². The summed E-state index contributed by atoms with van der Waals surface area (Å²) in [4.78, 5) is 46.0. The Bertz CT molecular complexity index is 2930. The molecule has 8 heterocycles. The predicted octanol–water partition coefficient (Wildman–Crippen LogP) is 7.85. The molecule has 18 heteroatoms. The Morgan fingerprint density at radius 1 is 0.762 bits per heavy atom. The van der Waals surface area contributed by atoms with Gasteiger partial charge in [0.05, 0.1) is 63.3 Å². The molecule has 3 atom stereocenters. The van der Waals surface area contributed by atoms with Gasteiger partial charge in [0.25, 0.3) is 0 Å². The van der Waals surface area contributed by atoms with Crippen molar-refractivity contribution >= 4 is 90.3 Å². The average Bonchev–Trinajstić information content (AvgIpc) is 3.88. The third kappa shape index (κ3) is 7.89. The minimum Gasteiger partial charge on any atom is -0.382 e. The molecule has 0 amide bonds. The number of nitrogens with one attached hydrogen (secondary N) is 2. The van der Waals surface area contributed by atoms with Crippen molar-refractivity contribution in [1.29, 1.82) is 0 Å². The van der Waals surface area contributed by atoms with Crippen molar-refractivity contribution in [3.8, 4) is 0 Å². The maximum atomic E-state index is 6.73. The number of piperidine rings is 1. The first-order chi connectivity index (χ1) is 30.8. The van der Waals surface area contributed by atoms with Crippen LogP contribution in [0.15, 0.2) is 74.1 Å². The lowest BCUT2D eigenvalue weighted by Gasteiger charge is -2.38. The first kappa shape index (κ1) is 41.1. The number of H-pyrrole nitrogens is 1. The van der Waals surface area contributed by atoms with E-state index in [-0.39, 0.29) is 18.2 Å². The number of nitrogens with two attached hydrogens (primary N) is 1. The van der Waals surface area contributed by atoms with E-state index < -0.39 is 0 Å². The lowest BCUT2D eigenvalue weighted by molar-refractivity contribution is 0.0893. The molecule has 2 aliphatic heterocycles. The molecule has 0 bridgehead atoms. The fourth-order valence-corrected chi connectivity index (χ4v) is 9.81. The number of methoxy groups -OCH3 is 1. The number of nitrogen functional groups attached to an aromatic ring is 1. The van der Waals surface area contributed by atoms with Crippen LogP contribution in [-0.4, -0.2) is 113 Å². The molecule has 3 unspecified atom stereocenters. The summed E-state index contributed by atoms with van der Waals surface area (Å²) in [5.74, 6) is 1.07. The summed E-state index contributed by atoms with van der Waals surface area (Å²) < 4.78 is 7.70. The smallest absolute Gasteiger partial charge is 0.165 e. The minimum atomic E-state index is -0.0962. The normalized spacial score (nSPS) is 18.2. The Morgan fingerprint density at radius 3 is 2.17 bits per heavy atom. The van der Waals surface area contributed by atoms with Crippen molar-refractivity contribution in [3.63, 3.8) is 0 Å². The predicted molar refractivity (Wildman–Crippen MR) is 250 cm³/mol. The molecule has 2 saturated heterocycles. The second-order valence-electron chi connectivity index (χ2n) is 16.5. The van der Waals surface area contributed by atoms with Gasteiger partial charge in [-0.25, -0.2) is 29.9 Å². The minimum absolute atomic E-state index is 0.0508. The van der Waals surface area contributed by atoms with E-state index in [1.165, 1.54) is 19.2 Å². The highest BCUT2D eigenvalue weighted by Crippen LogP contribution is 2.42. The molecule has 11 rings (SSSR count). The number of pyridine rings is 2. The summed E-state index contributed by atoms with van der Waals surface area (Å²) in [7, 11) is 1.78. The standard InChI is InChI=1S/C23H25ClN8.C22H24ClN7O/c1-14(30-23-20-22(27-12-26-20)28-13-29-23)17-11-18(24)16-3-2-6-25-19(16)21(17)32-9-7-31(8-10-32)15-4-5-15;1-13(30-12-28-19-21(24)26-11-27-22(19)30)16-9-17(23)15-6-3-7-25-18(15)20(16)29-8-4-5-14(10-29)31-2/h2-3,6,11-15H,4-5,7-10H2,1H3,(H2,26,27,28,29,30);3,6-7,9,11-14H,4-5,8,10H2,1-2H3,(H2,24,26,27). The van der Waals surface area contributed by atoms with Crippen molar-refractivity contribution in [2.75, 3.05) is 67.2 Å². The molecule has 1 saturated carbocycles. The number of anilines is 4. The lowest BCUT2D eigenvalue weighted by atomic mass is 9.98. The molecular formula is C45H49Cl2N15O. The van der Waals surface area contributed by atoms with Gasteiger partial charge >= 0.3 is 0 Å². The van der Waals surface area contributed by atoms with Crippen LogP contribution in [-0.2, 0) is 4.74 Å². The highest BCUT2D eigenvalue weighted by atomic mass is 35.5. The Balaban J connectivity index is 0.000000150. The van der Waals surface area contributed by atoms with E-state index in [1.807, 2.05) is 47.3 Å². The molecule has 324 valence electrons. The van der Waals surface area contributed by atoms with Gasteiger partial charge in [-0.15, -0.1) is 0 Å². The number of piperazine rings is 1. The maximum absolute atomic E-state index is 6.73. The second-order valence-corrected chi connectivity index (χ2v) is 17.4. The second kappa shape index (κ2) is 17.3. The number of hydrogen-bond donors (Lipinski definition) is 3. The van der Waals surface area contributed by atoms with Gasteiger partial charge in [0.1, 0.15) is 23.7 Å². The SMILES string of the molecule is CC(Nc1ncnc2[nH]cnc12)c1cc(Cl)c2cccnc2c1N1CCN(C2CC2)CC1.COC1CCCN(c2c(C(C)n3cnc4c(N)ncnc43)cc(Cl)c3cccnc23)C1. The van der Waals surface area contributed by atoms with Gasteiger partial charge in [0.2, 0.25) is 0 Å². The van der Waals surface area contributed by atoms with Crippen LogP contribution in [0.4, 0.5) is 23.0 Å². The average molecular weight is 887 g/mol. The van der Waals surface area contributed by atoms with Crippen molar-refractivity contribution in [2.24, 2.45) is 0 Å². The van der Waals surface area contributed by atoms with Crippen LogP contribution in [0.5, 0.6) is 0 Å². The van der Waals surface area contributed by atoms with E-state index in [1.54, 1.807) is 26.1 Å².